The zero-order valence-corrected chi connectivity index (χ0v) is 15.5. The van der Waals surface area contributed by atoms with Gasteiger partial charge < -0.3 is 20.4 Å². The maximum absolute atomic E-state index is 12.5. The molecule has 3 aromatic heterocycles. The number of aromatic hydroxyl groups is 1. The summed E-state index contributed by atoms with van der Waals surface area (Å²) in [7, 11) is 0. The molecule has 1 fully saturated rings. The number of hydrogen-bond acceptors (Lipinski definition) is 7. The average Bonchev–Trinajstić information content (AvgIpc) is 3.14. The highest BCUT2D eigenvalue weighted by molar-refractivity contribution is 6.00. The van der Waals surface area contributed by atoms with Crippen LogP contribution in [0.3, 0.4) is 0 Å². The van der Waals surface area contributed by atoms with Gasteiger partial charge in [-0.3, -0.25) is 9.78 Å². The number of carbonyl (C=O) groups excluding carboxylic acids is 1. The molecule has 3 N–H and O–H groups in total. The van der Waals surface area contributed by atoms with Crippen molar-refractivity contribution in [1.82, 2.24) is 20.3 Å². The van der Waals surface area contributed by atoms with Crippen LogP contribution < -0.4 is 10.2 Å². The molecule has 1 amide bonds. The number of fused-ring (bicyclic) bond motifs is 1. The Bertz CT molecular complexity index is 1020. The van der Waals surface area contributed by atoms with Gasteiger partial charge in [0.2, 0.25) is 0 Å². The SMILES string of the molecule is Cc1ccc(CNC(=O)c2ncc3nc(N4CC[C@H](O)C4)ccc3c2O)cn1. The Morgan fingerprint density at radius 2 is 2.11 bits per heavy atom. The second-order valence-corrected chi connectivity index (χ2v) is 6.94. The van der Waals surface area contributed by atoms with Gasteiger partial charge in [0.25, 0.3) is 5.91 Å². The molecular formula is C20H21N5O3. The third-order valence-corrected chi connectivity index (χ3v) is 4.83. The van der Waals surface area contributed by atoms with Crippen LogP contribution in [0.4, 0.5) is 5.82 Å². The van der Waals surface area contributed by atoms with E-state index in [1.807, 2.05) is 24.0 Å². The number of rotatable bonds is 4. The van der Waals surface area contributed by atoms with Crippen molar-refractivity contribution in [1.29, 1.82) is 0 Å². The first kappa shape index (κ1) is 18.1. The number of anilines is 1. The molecule has 1 saturated heterocycles. The van der Waals surface area contributed by atoms with Gasteiger partial charge >= 0.3 is 0 Å². The van der Waals surface area contributed by atoms with Crippen LogP contribution in [0, 0.1) is 6.92 Å². The Morgan fingerprint density at radius 3 is 2.82 bits per heavy atom. The summed E-state index contributed by atoms with van der Waals surface area (Å²) in [6, 6.07) is 7.26. The van der Waals surface area contributed by atoms with E-state index in [0.717, 1.165) is 17.8 Å². The van der Waals surface area contributed by atoms with Crippen molar-refractivity contribution in [2.75, 3.05) is 18.0 Å². The number of aliphatic hydroxyl groups is 1. The maximum Gasteiger partial charge on any atom is 0.274 e. The number of nitrogens with one attached hydrogen (secondary N) is 1. The van der Waals surface area contributed by atoms with Gasteiger partial charge in [-0.15, -0.1) is 0 Å². The third-order valence-electron chi connectivity index (χ3n) is 4.83. The summed E-state index contributed by atoms with van der Waals surface area (Å²) >= 11 is 0. The lowest BCUT2D eigenvalue weighted by Gasteiger charge is -2.17. The number of β-amino-alcohol motifs (C(OH)–C–C–N with tert-alkyl or cyclic N) is 1. The maximum atomic E-state index is 12.5. The Balaban J connectivity index is 1.53. The topological polar surface area (TPSA) is 111 Å². The lowest BCUT2D eigenvalue weighted by Crippen LogP contribution is -2.24. The predicted molar refractivity (Wildman–Crippen MR) is 104 cm³/mol. The van der Waals surface area contributed by atoms with Gasteiger partial charge in [-0.05, 0) is 37.1 Å². The van der Waals surface area contributed by atoms with Crippen LogP contribution >= 0.6 is 0 Å². The molecule has 28 heavy (non-hydrogen) atoms. The van der Waals surface area contributed by atoms with Gasteiger partial charge in [-0.1, -0.05) is 6.07 Å². The van der Waals surface area contributed by atoms with E-state index in [9.17, 15) is 15.0 Å². The van der Waals surface area contributed by atoms with Gasteiger partial charge in [0.15, 0.2) is 11.4 Å². The number of aromatic nitrogens is 3. The highest BCUT2D eigenvalue weighted by Crippen LogP contribution is 2.29. The highest BCUT2D eigenvalue weighted by atomic mass is 16.3. The largest absolute Gasteiger partial charge is 0.505 e. The molecule has 8 heteroatoms. The molecule has 0 unspecified atom stereocenters. The van der Waals surface area contributed by atoms with Gasteiger partial charge in [0.05, 0.1) is 17.8 Å². The van der Waals surface area contributed by atoms with Crippen LogP contribution in [0.15, 0.2) is 36.7 Å². The number of nitrogens with zero attached hydrogens (tertiary/aromatic N) is 4. The summed E-state index contributed by atoms with van der Waals surface area (Å²) < 4.78 is 0. The average molecular weight is 379 g/mol. The van der Waals surface area contributed by atoms with E-state index >= 15 is 0 Å². The molecule has 144 valence electrons. The first-order valence-electron chi connectivity index (χ1n) is 9.13. The lowest BCUT2D eigenvalue weighted by atomic mass is 10.2. The lowest BCUT2D eigenvalue weighted by molar-refractivity contribution is 0.0943. The summed E-state index contributed by atoms with van der Waals surface area (Å²) in [6.45, 7) is 3.45. The fourth-order valence-electron chi connectivity index (χ4n) is 3.24. The molecular weight excluding hydrogens is 358 g/mol. The fourth-order valence-corrected chi connectivity index (χ4v) is 3.24. The molecule has 0 spiro atoms. The standard InChI is InChI=1S/C20H21N5O3/c1-12-2-3-13(8-21-12)9-23-20(28)18-19(27)15-4-5-17(24-16(15)10-22-18)25-7-6-14(26)11-25/h2-5,8,10,14,26-27H,6-7,9,11H2,1H3,(H,23,28)/t14-/m0/s1. The van der Waals surface area contributed by atoms with E-state index < -0.39 is 5.91 Å². The van der Waals surface area contributed by atoms with Crippen LogP contribution in [-0.2, 0) is 6.54 Å². The van der Waals surface area contributed by atoms with Crippen molar-refractivity contribution in [2.24, 2.45) is 0 Å². The van der Waals surface area contributed by atoms with Gasteiger partial charge in [0.1, 0.15) is 5.82 Å². The number of amides is 1. The van der Waals surface area contributed by atoms with Crippen LogP contribution in [0.5, 0.6) is 5.75 Å². The second-order valence-electron chi connectivity index (χ2n) is 6.94. The number of carbonyl (C=O) groups is 1. The molecule has 4 rings (SSSR count). The molecule has 8 nitrogen and oxygen atoms in total. The predicted octanol–water partition coefficient (Wildman–Crippen LogP) is 1.54. The third kappa shape index (κ3) is 3.59. The first-order valence-corrected chi connectivity index (χ1v) is 9.13. The first-order chi connectivity index (χ1) is 13.5. The van der Waals surface area contributed by atoms with Crippen molar-refractivity contribution >= 4 is 22.6 Å². The van der Waals surface area contributed by atoms with Crippen LogP contribution in [0.1, 0.15) is 28.2 Å². The Kier molecular flexibility index (Phi) is 4.79. The van der Waals surface area contributed by atoms with E-state index in [-0.39, 0.29) is 17.5 Å². The molecule has 1 atom stereocenters. The molecule has 0 aliphatic carbocycles. The van der Waals surface area contributed by atoms with E-state index in [2.05, 4.69) is 20.3 Å². The highest BCUT2D eigenvalue weighted by Gasteiger charge is 2.22. The zero-order valence-electron chi connectivity index (χ0n) is 15.5. The van der Waals surface area contributed by atoms with Crippen molar-refractivity contribution in [3.8, 4) is 5.75 Å². The summed E-state index contributed by atoms with van der Waals surface area (Å²) in [4.78, 5) is 27.2. The molecule has 0 radical (unpaired) electrons. The molecule has 0 bridgehead atoms. The minimum Gasteiger partial charge on any atom is -0.505 e. The molecule has 4 heterocycles. The van der Waals surface area contributed by atoms with E-state index in [4.69, 9.17) is 0 Å². The smallest absolute Gasteiger partial charge is 0.274 e. The van der Waals surface area contributed by atoms with Crippen LogP contribution in [0.2, 0.25) is 0 Å². The number of aryl methyl sites for hydroxylation is 1. The molecule has 3 aromatic rings. The van der Waals surface area contributed by atoms with Crippen LogP contribution in [0.25, 0.3) is 10.9 Å². The summed E-state index contributed by atoms with van der Waals surface area (Å²) in [6.07, 6.45) is 3.54. The Hall–Kier alpha value is -3.26. The summed E-state index contributed by atoms with van der Waals surface area (Å²) in [5.41, 5.74) is 2.21. The van der Waals surface area contributed by atoms with E-state index in [0.29, 0.717) is 36.2 Å². The fraction of sp³-hybridized carbons (Fsp3) is 0.300. The van der Waals surface area contributed by atoms with Gasteiger partial charge in [0, 0.05) is 36.9 Å². The van der Waals surface area contributed by atoms with Crippen molar-refractivity contribution in [3.05, 3.63) is 53.6 Å². The monoisotopic (exact) mass is 379 g/mol. The van der Waals surface area contributed by atoms with E-state index in [1.165, 1.54) is 6.20 Å². The summed E-state index contributed by atoms with van der Waals surface area (Å²) in [5.74, 6) is 0.0542. The van der Waals surface area contributed by atoms with Crippen molar-refractivity contribution in [2.45, 2.75) is 26.0 Å². The minimum absolute atomic E-state index is 0.0429. The number of hydrogen-bond donors (Lipinski definition) is 3. The molecule has 1 aliphatic heterocycles. The normalized spacial score (nSPS) is 16.5. The number of pyridine rings is 3. The molecule has 0 saturated carbocycles. The van der Waals surface area contributed by atoms with Crippen LogP contribution in [-0.4, -0.2) is 50.3 Å². The second kappa shape index (κ2) is 7.40. The van der Waals surface area contributed by atoms with Gasteiger partial charge in [-0.2, -0.15) is 0 Å². The Labute approximate surface area is 161 Å². The Morgan fingerprint density at radius 1 is 1.25 bits per heavy atom. The van der Waals surface area contributed by atoms with Crippen molar-refractivity contribution < 1.29 is 15.0 Å². The number of aliphatic hydroxyl groups excluding tert-OH is 1. The van der Waals surface area contributed by atoms with Gasteiger partial charge in [-0.25, -0.2) is 9.97 Å². The zero-order chi connectivity index (χ0) is 19.7. The molecule has 1 aliphatic rings. The minimum atomic E-state index is -0.466. The quantitative estimate of drug-likeness (QED) is 0.630. The summed E-state index contributed by atoms with van der Waals surface area (Å²) in [5, 5.41) is 23.4. The molecule has 0 aromatic carbocycles. The van der Waals surface area contributed by atoms with E-state index in [1.54, 1.807) is 18.3 Å². The van der Waals surface area contributed by atoms with Crippen molar-refractivity contribution in [3.63, 3.8) is 0 Å².